The number of hydrogen-bond donors (Lipinski definition) is 0. The first-order valence-corrected chi connectivity index (χ1v) is 14.0. The Bertz CT molecular complexity index is 1250. The van der Waals surface area contributed by atoms with Gasteiger partial charge in [-0.1, -0.05) is 25.1 Å². The van der Waals surface area contributed by atoms with Crippen LogP contribution in [0.5, 0.6) is 0 Å². The Balaban J connectivity index is 1.42. The highest BCUT2D eigenvalue weighted by Gasteiger charge is 2.34. The predicted octanol–water partition coefficient (Wildman–Crippen LogP) is 3.75. The maximum atomic E-state index is 13.4. The molecule has 2 amide bonds. The maximum Gasteiger partial charge on any atom is 0.247 e. The number of anilines is 2. The second kappa shape index (κ2) is 9.39. The number of nitrogens with zero attached hydrogens (tertiary/aromatic N) is 3. The van der Waals surface area contributed by atoms with E-state index in [9.17, 15) is 18.0 Å². The van der Waals surface area contributed by atoms with E-state index in [1.165, 1.54) is 0 Å². The van der Waals surface area contributed by atoms with E-state index in [1.807, 2.05) is 31.2 Å². The average Bonchev–Trinajstić information content (AvgIpc) is 3.10. The molecule has 7 nitrogen and oxygen atoms in total. The molecule has 0 aromatic heterocycles. The molecule has 0 aliphatic carbocycles. The monoisotopic (exact) mass is 495 g/mol. The number of aryl methyl sites for hydroxylation is 1. The molecule has 3 aliphatic rings. The first-order chi connectivity index (χ1) is 16.8. The van der Waals surface area contributed by atoms with Crippen LogP contribution in [-0.2, 0) is 32.5 Å². The van der Waals surface area contributed by atoms with Crippen molar-refractivity contribution in [3.63, 3.8) is 0 Å². The van der Waals surface area contributed by atoms with Crippen molar-refractivity contribution in [3.05, 3.63) is 53.6 Å². The fourth-order valence-electron chi connectivity index (χ4n) is 5.59. The molecule has 35 heavy (non-hydrogen) atoms. The number of rotatable bonds is 4. The summed E-state index contributed by atoms with van der Waals surface area (Å²) in [5.74, 6) is 0.316. The Morgan fingerprint density at radius 3 is 2.49 bits per heavy atom. The third-order valence-corrected chi connectivity index (χ3v) is 9.52. The molecule has 2 aromatic carbocycles. The Morgan fingerprint density at radius 2 is 1.71 bits per heavy atom. The number of amides is 2. The minimum absolute atomic E-state index is 0.0289. The molecular weight excluding hydrogens is 462 g/mol. The van der Waals surface area contributed by atoms with Crippen LogP contribution in [0.3, 0.4) is 0 Å². The Kier molecular flexibility index (Phi) is 6.44. The van der Waals surface area contributed by atoms with Gasteiger partial charge in [-0.05, 0) is 80.3 Å². The number of sulfonamides is 1. The van der Waals surface area contributed by atoms with Gasteiger partial charge in [0.1, 0.15) is 6.54 Å². The summed E-state index contributed by atoms with van der Waals surface area (Å²) in [6.07, 6.45) is 4.10. The van der Waals surface area contributed by atoms with Crippen LogP contribution in [0.25, 0.3) is 0 Å². The van der Waals surface area contributed by atoms with Crippen LogP contribution >= 0.6 is 0 Å². The molecule has 3 aliphatic heterocycles. The topological polar surface area (TPSA) is 78.0 Å². The van der Waals surface area contributed by atoms with Crippen LogP contribution in [0, 0.1) is 5.92 Å². The maximum absolute atomic E-state index is 13.4. The van der Waals surface area contributed by atoms with E-state index < -0.39 is 10.0 Å². The highest BCUT2D eigenvalue weighted by atomic mass is 32.2. The Morgan fingerprint density at radius 1 is 0.971 bits per heavy atom. The van der Waals surface area contributed by atoms with Crippen molar-refractivity contribution >= 4 is 33.2 Å². The Labute approximate surface area is 207 Å². The number of piperidine rings is 1. The van der Waals surface area contributed by atoms with E-state index in [-0.39, 0.29) is 29.3 Å². The molecule has 2 aromatic rings. The largest absolute Gasteiger partial charge is 0.307 e. The summed E-state index contributed by atoms with van der Waals surface area (Å²) in [4.78, 5) is 30.1. The molecule has 5 rings (SSSR count). The van der Waals surface area contributed by atoms with Gasteiger partial charge in [0, 0.05) is 36.9 Å². The highest BCUT2D eigenvalue weighted by Crippen LogP contribution is 2.34. The van der Waals surface area contributed by atoms with Crippen LogP contribution in [-0.4, -0.2) is 50.2 Å². The van der Waals surface area contributed by atoms with Crippen molar-refractivity contribution < 1.29 is 18.0 Å². The summed E-state index contributed by atoms with van der Waals surface area (Å²) < 4.78 is 28.2. The summed E-state index contributed by atoms with van der Waals surface area (Å²) >= 11 is 0. The SMILES string of the molecule is CC1CCN(S(=O)(=O)c2ccc3c(c2)CCCC(=O)N3CC(=O)N2c3ccccc3CC2C)CC1. The molecule has 8 heteroatoms. The molecule has 1 saturated heterocycles. The van der Waals surface area contributed by atoms with Gasteiger partial charge in [0.15, 0.2) is 0 Å². The van der Waals surface area contributed by atoms with Gasteiger partial charge in [0.2, 0.25) is 21.8 Å². The summed E-state index contributed by atoms with van der Waals surface area (Å²) in [5.41, 5.74) is 3.50. The molecule has 0 saturated carbocycles. The molecule has 0 radical (unpaired) electrons. The first kappa shape index (κ1) is 24.0. The first-order valence-electron chi connectivity index (χ1n) is 12.6. The highest BCUT2D eigenvalue weighted by molar-refractivity contribution is 7.89. The van der Waals surface area contributed by atoms with Crippen LogP contribution in [0.2, 0.25) is 0 Å². The van der Waals surface area contributed by atoms with Crippen molar-refractivity contribution in [3.8, 4) is 0 Å². The molecule has 1 unspecified atom stereocenters. The Hall–Kier alpha value is -2.71. The lowest BCUT2D eigenvalue weighted by Gasteiger charge is -2.30. The van der Waals surface area contributed by atoms with Gasteiger partial charge in [0.05, 0.1) is 4.90 Å². The van der Waals surface area contributed by atoms with Crippen molar-refractivity contribution in [2.75, 3.05) is 29.4 Å². The molecule has 3 heterocycles. The molecule has 0 spiro atoms. The number of fused-ring (bicyclic) bond motifs is 2. The summed E-state index contributed by atoms with van der Waals surface area (Å²) in [6, 6.07) is 12.9. The lowest BCUT2D eigenvalue weighted by Crippen LogP contribution is -2.45. The van der Waals surface area contributed by atoms with Crippen LogP contribution < -0.4 is 9.80 Å². The summed E-state index contributed by atoms with van der Waals surface area (Å²) in [6.45, 7) is 5.19. The second-order valence-electron chi connectivity index (χ2n) is 10.2. The zero-order valence-corrected chi connectivity index (χ0v) is 21.3. The van der Waals surface area contributed by atoms with Gasteiger partial charge in [0.25, 0.3) is 0 Å². The second-order valence-corrected chi connectivity index (χ2v) is 12.1. The van der Waals surface area contributed by atoms with Gasteiger partial charge in [-0.15, -0.1) is 0 Å². The van der Waals surface area contributed by atoms with Crippen molar-refractivity contribution in [1.82, 2.24) is 4.31 Å². The van der Waals surface area contributed by atoms with Crippen molar-refractivity contribution in [2.24, 2.45) is 5.92 Å². The summed E-state index contributed by atoms with van der Waals surface area (Å²) in [7, 11) is -3.58. The quantitative estimate of drug-likeness (QED) is 0.647. The van der Waals surface area contributed by atoms with E-state index in [2.05, 4.69) is 6.92 Å². The van der Waals surface area contributed by atoms with Crippen LogP contribution in [0.15, 0.2) is 47.4 Å². The molecule has 186 valence electrons. The van der Waals surface area contributed by atoms with Crippen molar-refractivity contribution in [1.29, 1.82) is 0 Å². The van der Waals surface area contributed by atoms with Crippen LogP contribution in [0.1, 0.15) is 50.7 Å². The zero-order chi connectivity index (χ0) is 24.7. The lowest BCUT2D eigenvalue weighted by atomic mass is 10.0. The van der Waals surface area contributed by atoms with Crippen LogP contribution in [0.4, 0.5) is 11.4 Å². The minimum Gasteiger partial charge on any atom is -0.307 e. The standard InChI is InChI=1S/C27H33N3O4S/c1-19-12-14-28(15-13-19)35(33,34)23-10-11-24-22(17-23)7-5-9-26(31)29(24)18-27(32)30-20(2)16-21-6-3-4-8-25(21)30/h3-4,6,8,10-11,17,19-20H,5,7,9,12-16,18H2,1-2H3. The fraction of sp³-hybridized carbons (Fsp3) is 0.481. The molecule has 1 fully saturated rings. The van der Waals surface area contributed by atoms with Gasteiger partial charge in [-0.25, -0.2) is 8.42 Å². The van der Waals surface area contributed by atoms with E-state index in [4.69, 9.17) is 0 Å². The summed E-state index contributed by atoms with van der Waals surface area (Å²) in [5, 5.41) is 0. The van der Waals surface area contributed by atoms with Gasteiger partial charge in [-0.2, -0.15) is 4.31 Å². The van der Waals surface area contributed by atoms with E-state index in [0.717, 1.165) is 36.1 Å². The average molecular weight is 496 g/mol. The van der Waals surface area contributed by atoms with Gasteiger partial charge in [-0.3, -0.25) is 9.59 Å². The number of benzene rings is 2. The fourth-order valence-corrected chi connectivity index (χ4v) is 7.11. The van der Waals surface area contributed by atoms with E-state index in [0.29, 0.717) is 44.0 Å². The normalized spacial score (nSPS) is 21.5. The third-order valence-electron chi connectivity index (χ3n) is 7.63. The van der Waals surface area contributed by atoms with Crippen molar-refractivity contribution in [2.45, 2.75) is 63.3 Å². The number of carbonyl (C=O) groups excluding carboxylic acids is 2. The molecular formula is C27H33N3O4S. The molecule has 0 bridgehead atoms. The molecule has 1 atom stereocenters. The smallest absolute Gasteiger partial charge is 0.247 e. The van der Waals surface area contributed by atoms with E-state index in [1.54, 1.807) is 32.3 Å². The van der Waals surface area contributed by atoms with E-state index >= 15 is 0 Å². The van der Waals surface area contributed by atoms with Gasteiger partial charge < -0.3 is 9.80 Å². The molecule has 0 N–H and O–H groups in total. The number of hydrogen-bond acceptors (Lipinski definition) is 4. The lowest BCUT2D eigenvalue weighted by molar-refractivity contribution is -0.122. The minimum atomic E-state index is -3.58. The number of carbonyl (C=O) groups is 2. The third kappa shape index (κ3) is 4.49. The number of para-hydroxylation sites is 1. The van der Waals surface area contributed by atoms with Gasteiger partial charge >= 0.3 is 0 Å². The predicted molar refractivity (Wildman–Crippen MR) is 136 cm³/mol. The zero-order valence-electron chi connectivity index (χ0n) is 20.4.